The topological polar surface area (TPSA) is 18.5 Å². The van der Waals surface area contributed by atoms with E-state index < -0.39 is 5.82 Å². The molecule has 2 aromatic carbocycles. The first-order valence-corrected chi connectivity index (χ1v) is 13.2. The van der Waals surface area contributed by atoms with Crippen LogP contribution >= 0.6 is 0 Å². The van der Waals surface area contributed by atoms with Crippen LogP contribution in [-0.4, -0.2) is 6.29 Å². The highest BCUT2D eigenvalue weighted by molar-refractivity contribution is 5.45. The molecule has 0 N–H and O–H groups in total. The number of hydrogen-bond acceptors (Lipinski definition) is 2. The Bertz CT molecular complexity index is 1050. The Morgan fingerprint density at radius 3 is 1.77 bits per heavy atom. The van der Waals surface area contributed by atoms with Crippen molar-refractivity contribution in [1.82, 2.24) is 0 Å². The van der Waals surface area contributed by atoms with Crippen LogP contribution in [0.4, 0.5) is 8.78 Å². The van der Waals surface area contributed by atoms with Gasteiger partial charge in [-0.2, -0.15) is 0 Å². The molecule has 1 heterocycles. The lowest BCUT2D eigenvalue weighted by atomic mass is 9.78. The minimum Gasteiger partial charge on any atom is -0.459 e. The first-order valence-electron chi connectivity index (χ1n) is 13.2. The second-order valence-electron chi connectivity index (χ2n) is 9.96. The minimum absolute atomic E-state index is 0.266. The Labute approximate surface area is 208 Å². The van der Waals surface area contributed by atoms with Gasteiger partial charge in [-0.1, -0.05) is 75.8 Å². The van der Waals surface area contributed by atoms with Crippen molar-refractivity contribution in [3.05, 3.63) is 82.8 Å². The molecule has 186 valence electrons. The van der Waals surface area contributed by atoms with Crippen molar-refractivity contribution in [2.75, 3.05) is 0 Å². The van der Waals surface area contributed by atoms with Gasteiger partial charge in [0.25, 0.3) is 0 Å². The predicted molar refractivity (Wildman–Crippen MR) is 135 cm³/mol. The predicted octanol–water partition coefficient (Wildman–Crippen LogP) is 8.07. The average molecular weight is 479 g/mol. The Kier molecular flexibility index (Phi) is 9.23. The van der Waals surface area contributed by atoms with Crippen LogP contribution in [0.5, 0.6) is 0 Å². The van der Waals surface area contributed by atoms with Gasteiger partial charge in [-0.3, -0.25) is 0 Å². The molecule has 4 rings (SSSR count). The van der Waals surface area contributed by atoms with E-state index in [1.165, 1.54) is 63.5 Å². The van der Waals surface area contributed by atoms with Crippen LogP contribution < -0.4 is 0 Å². The van der Waals surface area contributed by atoms with Crippen molar-refractivity contribution in [2.24, 2.45) is 11.8 Å². The maximum atomic E-state index is 14.7. The van der Waals surface area contributed by atoms with Crippen molar-refractivity contribution >= 4 is 0 Å². The third-order valence-corrected chi connectivity index (χ3v) is 7.36. The number of aryl methyl sites for hydroxylation is 2. The number of benzene rings is 2. The van der Waals surface area contributed by atoms with E-state index in [1.807, 2.05) is 12.1 Å². The molecule has 1 aliphatic carbocycles. The zero-order valence-electron chi connectivity index (χ0n) is 20.7. The molecule has 0 unspecified atom stereocenters. The van der Waals surface area contributed by atoms with Crippen LogP contribution in [0, 0.1) is 35.3 Å². The molecule has 1 fully saturated rings. The van der Waals surface area contributed by atoms with E-state index in [0.29, 0.717) is 18.4 Å². The summed E-state index contributed by atoms with van der Waals surface area (Å²) in [6.07, 6.45) is 15.3. The summed E-state index contributed by atoms with van der Waals surface area (Å²) in [6.45, 7) is 2.26. The van der Waals surface area contributed by atoms with E-state index in [9.17, 15) is 8.78 Å². The van der Waals surface area contributed by atoms with E-state index in [1.54, 1.807) is 18.2 Å². The van der Waals surface area contributed by atoms with Gasteiger partial charge in [0.2, 0.25) is 6.29 Å². The Morgan fingerprint density at radius 2 is 1.26 bits per heavy atom. The molecule has 2 aliphatic rings. The zero-order valence-corrected chi connectivity index (χ0v) is 20.7. The molecule has 0 atom stereocenters. The zero-order chi connectivity index (χ0) is 24.5. The van der Waals surface area contributed by atoms with Gasteiger partial charge in [-0.15, -0.1) is 0 Å². The lowest BCUT2D eigenvalue weighted by Gasteiger charge is -2.28. The van der Waals surface area contributed by atoms with Crippen LogP contribution in [0.3, 0.4) is 0 Å². The number of rotatable bonds is 9. The fourth-order valence-electron chi connectivity index (χ4n) is 5.13. The van der Waals surface area contributed by atoms with Crippen molar-refractivity contribution in [3.8, 4) is 11.8 Å². The summed E-state index contributed by atoms with van der Waals surface area (Å²) in [7, 11) is 0. The van der Waals surface area contributed by atoms with Crippen molar-refractivity contribution in [3.63, 3.8) is 0 Å². The molecule has 0 amide bonds. The van der Waals surface area contributed by atoms with Crippen LogP contribution in [0.2, 0.25) is 0 Å². The Balaban J connectivity index is 1.27. The third kappa shape index (κ3) is 7.59. The van der Waals surface area contributed by atoms with E-state index in [2.05, 4.69) is 18.8 Å². The summed E-state index contributed by atoms with van der Waals surface area (Å²) in [4.78, 5) is 0. The molecule has 35 heavy (non-hydrogen) atoms. The van der Waals surface area contributed by atoms with Gasteiger partial charge in [-0.05, 0) is 66.5 Å². The molecule has 4 heteroatoms. The number of ether oxygens (including phenoxy) is 2. The minimum atomic E-state index is -0.400. The molecule has 0 spiro atoms. The quantitative estimate of drug-likeness (QED) is 0.339. The highest BCUT2D eigenvalue weighted by atomic mass is 19.1. The number of unbranched alkanes of at least 4 members (excludes halogenated alkanes) is 1. The van der Waals surface area contributed by atoms with Crippen LogP contribution in [0.25, 0.3) is 0 Å². The summed E-state index contributed by atoms with van der Waals surface area (Å²) < 4.78 is 39.7. The first kappa shape index (κ1) is 25.3. The third-order valence-electron chi connectivity index (χ3n) is 7.36. The standard InChI is InChI=1S/C31H36F2O2/c1-2-3-4-23-5-7-24(8-6-23)9-10-25-11-14-27(29(32)21-25)16-17-28-15-12-26(22-30(28)33)13-18-31-34-19-20-35-31/h11-12,14-15,19-24,31H,2-10,13,18H2,1H3. The highest BCUT2D eigenvalue weighted by Gasteiger charge is 2.20. The first-order chi connectivity index (χ1) is 17.1. The van der Waals surface area contributed by atoms with Gasteiger partial charge in [0, 0.05) is 6.42 Å². The molecule has 0 radical (unpaired) electrons. The second-order valence-corrected chi connectivity index (χ2v) is 9.96. The van der Waals surface area contributed by atoms with Crippen LogP contribution in [-0.2, 0) is 22.3 Å². The van der Waals surface area contributed by atoms with E-state index in [4.69, 9.17) is 9.47 Å². The molecule has 0 bridgehead atoms. The smallest absolute Gasteiger partial charge is 0.240 e. The molecule has 0 aromatic heterocycles. The average Bonchev–Trinajstić information content (AvgIpc) is 3.40. The Morgan fingerprint density at radius 1 is 0.743 bits per heavy atom. The number of halogens is 2. The van der Waals surface area contributed by atoms with E-state index in [-0.39, 0.29) is 17.7 Å². The van der Waals surface area contributed by atoms with Gasteiger partial charge in [-0.25, -0.2) is 8.78 Å². The van der Waals surface area contributed by atoms with Gasteiger partial charge >= 0.3 is 0 Å². The molecule has 1 saturated carbocycles. The molecule has 2 nitrogen and oxygen atoms in total. The molecular weight excluding hydrogens is 442 g/mol. The van der Waals surface area contributed by atoms with Crippen molar-refractivity contribution in [2.45, 2.75) is 83.8 Å². The molecule has 1 aliphatic heterocycles. The Hall–Kier alpha value is -2.80. The SMILES string of the molecule is CCCCC1CCC(CCc2ccc(C#Cc3ccc(CCC4OC=CO4)cc3F)c(F)c2)CC1. The monoisotopic (exact) mass is 478 g/mol. The van der Waals surface area contributed by atoms with Crippen LogP contribution in [0.1, 0.15) is 87.0 Å². The van der Waals surface area contributed by atoms with Crippen LogP contribution in [0.15, 0.2) is 48.9 Å². The summed E-state index contributed by atoms with van der Waals surface area (Å²) >= 11 is 0. The molecular formula is C31H36F2O2. The molecule has 0 saturated heterocycles. The van der Waals surface area contributed by atoms with Crippen molar-refractivity contribution < 1.29 is 18.3 Å². The maximum Gasteiger partial charge on any atom is 0.240 e. The summed E-state index contributed by atoms with van der Waals surface area (Å²) in [6, 6.07) is 10.2. The normalized spacial score (nSPS) is 19.6. The second kappa shape index (κ2) is 12.8. The fourth-order valence-corrected chi connectivity index (χ4v) is 5.13. The lowest BCUT2D eigenvalue weighted by molar-refractivity contribution is -0.0275. The van der Waals surface area contributed by atoms with E-state index in [0.717, 1.165) is 35.8 Å². The number of hydrogen-bond donors (Lipinski definition) is 0. The summed E-state index contributed by atoms with van der Waals surface area (Å²) in [5.74, 6) is 6.54. The summed E-state index contributed by atoms with van der Waals surface area (Å²) in [5.41, 5.74) is 2.43. The van der Waals surface area contributed by atoms with Gasteiger partial charge < -0.3 is 9.47 Å². The maximum absolute atomic E-state index is 14.7. The van der Waals surface area contributed by atoms with Crippen molar-refractivity contribution in [1.29, 1.82) is 0 Å². The molecule has 2 aromatic rings. The lowest BCUT2D eigenvalue weighted by Crippen LogP contribution is -2.15. The van der Waals surface area contributed by atoms with Gasteiger partial charge in [0.15, 0.2) is 0 Å². The van der Waals surface area contributed by atoms with E-state index >= 15 is 0 Å². The summed E-state index contributed by atoms with van der Waals surface area (Å²) in [5, 5.41) is 0. The highest BCUT2D eigenvalue weighted by Crippen LogP contribution is 2.34. The van der Waals surface area contributed by atoms with Gasteiger partial charge in [0.1, 0.15) is 24.2 Å². The fraction of sp³-hybridized carbons (Fsp3) is 0.484. The largest absolute Gasteiger partial charge is 0.459 e. The van der Waals surface area contributed by atoms with Gasteiger partial charge in [0.05, 0.1) is 11.1 Å².